The van der Waals surface area contributed by atoms with Crippen molar-refractivity contribution in [2.45, 2.75) is 63.6 Å². The third-order valence-electron chi connectivity index (χ3n) is 7.22. The van der Waals surface area contributed by atoms with Gasteiger partial charge in [-0.2, -0.15) is 0 Å². The number of carbonyl (C=O) groups excluding carboxylic acids is 2. The quantitative estimate of drug-likeness (QED) is 0.129. The second-order valence-corrected chi connectivity index (χ2v) is 10.2. The van der Waals surface area contributed by atoms with Gasteiger partial charge in [0.05, 0.1) is 0 Å². The Balaban J connectivity index is 1.26. The average Bonchev–Trinajstić information content (AvgIpc) is 2.98. The molecule has 0 amide bonds. The van der Waals surface area contributed by atoms with Gasteiger partial charge in [-0.3, -0.25) is 9.59 Å². The van der Waals surface area contributed by atoms with Gasteiger partial charge in [-0.1, -0.05) is 121 Å². The standard InChI is InChI=1S/C36H38O4/c1-27(35(29-17-7-3-8-18-29)30-19-9-4-10-20-30)39-33(37)25-15-16-26-34(38)40-28(2)36(31-21-11-5-12-22-31)32-23-13-6-14-24-32/h3-14,17-24,27-28,35-36H,15-16,25-26H2,1-2H3. The van der Waals surface area contributed by atoms with E-state index in [1.165, 1.54) is 0 Å². The Morgan fingerprint density at radius 2 is 0.725 bits per heavy atom. The number of esters is 2. The maximum atomic E-state index is 12.7. The van der Waals surface area contributed by atoms with E-state index < -0.39 is 0 Å². The summed E-state index contributed by atoms with van der Waals surface area (Å²) in [6.07, 6.45) is 1.02. The molecule has 0 spiro atoms. The van der Waals surface area contributed by atoms with Crippen LogP contribution in [0.25, 0.3) is 0 Å². The molecule has 4 heteroatoms. The van der Waals surface area contributed by atoms with E-state index in [-0.39, 0.29) is 48.8 Å². The normalized spacial score (nSPS) is 12.6. The molecule has 4 aromatic rings. The lowest BCUT2D eigenvalue weighted by atomic mass is 9.87. The van der Waals surface area contributed by atoms with E-state index in [0.717, 1.165) is 22.3 Å². The average molecular weight is 535 g/mol. The molecule has 0 saturated carbocycles. The Morgan fingerprint density at radius 3 is 0.975 bits per heavy atom. The number of carbonyl (C=O) groups is 2. The highest BCUT2D eigenvalue weighted by Gasteiger charge is 2.26. The summed E-state index contributed by atoms with van der Waals surface area (Å²) in [5.41, 5.74) is 4.43. The highest BCUT2D eigenvalue weighted by atomic mass is 16.5. The van der Waals surface area contributed by atoms with Gasteiger partial charge in [-0.15, -0.1) is 0 Å². The Labute approximate surface area is 238 Å². The van der Waals surface area contributed by atoms with Crippen LogP contribution in [0, 0.1) is 0 Å². The van der Waals surface area contributed by atoms with Crippen LogP contribution in [0.3, 0.4) is 0 Å². The second kappa shape index (κ2) is 14.8. The summed E-state index contributed by atoms with van der Waals surface area (Å²) in [6.45, 7) is 3.88. The Hall–Kier alpha value is -4.18. The summed E-state index contributed by atoms with van der Waals surface area (Å²) in [5, 5.41) is 0. The molecular weight excluding hydrogens is 496 g/mol. The fourth-order valence-electron chi connectivity index (χ4n) is 5.32. The number of hydrogen-bond donors (Lipinski definition) is 0. The van der Waals surface area contributed by atoms with Crippen LogP contribution in [0.1, 0.15) is 73.6 Å². The van der Waals surface area contributed by atoms with Crippen molar-refractivity contribution in [1.29, 1.82) is 0 Å². The van der Waals surface area contributed by atoms with Crippen molar-refractivity contribution in [3.63, 3.8) is 0 Å². The summed E-state index contributed by atoms with van der Waals surface area (Å²) in [7, 11) is 0. The van der Waals surface area contributed by atoms with Crippen molar-refractivity contribution in [2.24, 2.45) is 0 Å². The van der Waals surface area contributed by atoms with E-state index in [4.69, 9.17) is 9.47 Å². The Bertz CT molecular complexity index is 1120. The van der Waals surface area contributed by atoms with Gasteiger partial charge in [-0.05, 0) is 48.9 Å². The first kappa shape index (κ1) is 28.8. The van der Waals surface area contributed by atoms with Gasteiger partial charge in [-0.25, -0.2) is 0 Å². The molecule has 206 valence electrons. The molecule has 0 radical (unpaired) electrons. The summed E-state index contributed by atoms with van der Waals surface area (Å²) >= 11 is 0. The van der Waals surface area contributed by atoms with Crippen molar-refractivity contribution in [1.82, 2.24) is 0 Å². The number of unbranched alkanes of at least 4 members (excludes halogenated alkanes) is 1. The molecule has 2 atom stereocenters. The minimum Gasteiger partial charge on any atom is -0.462 e. The van der Waals surface area contributed by atoms with Crippen molar-refractivity contribution < 1.29 is 19.1 Å². The fourth-order valence-corrected chi connectivity index (χ4v) is 5.32. The molecular formula is C36H38O4. The molecule has 2 unspecified atom stereocenters. The van der Waals surface area contributed by atoms with Gasteiger partial charge in [0.15, 0.2) is 0 Å². The molecule has 4 rings (SSSR count). The maximum Gasteiger partial charge on any atom is 0.306 e. The smallest absolute Gasteiger partial charge is 0.306 e. The van der Waals surface area contributed by atoms with Gasteiger partial charge in [0, 0.05) is 24.7 Å². The fraction of sp³-hybridized carbons (Fsp3) is 0.278. The molecule has 0 saturated heterocycles. The van der Waals surface area contributed by atoms with Crippen LogP contribution in [0.4, 0.5) is 0 Å². The number of ether oxygens (including phenoxy) is 2. The predicted molar refractivity (Wildman–Crippen MR) is 159 cm³/mol. The van der Waals surface area contributed by atoms with Gasteiger partial charge in [0.25, 0.3) is 0 Å². The minimum absolute atomic E-state index is 0.0509. The van der Waals surface area contributed by atoms with E-state index in [1.54, 1.807) is 0 Å². The largest absolute Gasteiger partial charge is 0.462 e. The summed E-state index contributed by atoms with van der Waals surface area (Å²) < 4.78 is 11.7. The highest BCUT2D eigenvalue weighted by molar-refractivity contribution is 5.71. The van der Waals surface area contributed by atoms with E-state index in [9.17, 15) is 9.59 Å². The monoisotopic (exact) mass is 534 g/mol. The third-order valence-corrected chi connectivity index (χ3v) is 7.22. The van der Waals surface area contributed by atoms with Crippen molar-refractivity contribution in [2.75, 3.05) is 0 Å². The lowest BCUT2D eigenvalue weighted by Gasteiger charge is -2.25. The summed E-state index contributed by atoms with van der Waals surface area (Å²) in [4.78, 5) is 25.4. The molecule has 4 aromatic carbocycles. The summed E-state index contributed by atoms with van der Waals surface area (Å²) in [5.74, 6) is -0.603. The van der Waals surface area contributed by atoms with Gasteiger partial charge in [0.1, 0.15) is 12.2 Å². The van der Waals surface area contributed by atoms with Crippen molar-refractivity contribution in [3.8, 4) is 0 Å². The van der Waals surface area contributed by atoms with Crippen molar-refractivity contribution in [3.05, 3.63) is 144 Å². The lowest BCUT2D eigenvalue weighted by Crippen LogP contribution is -2.24. The lowest BCUT2D eigenvalue weighted by molar-refractivity contribution is -0.151. The van der Waals surface area contributed by atoms with E-state index in [0.29, 0.717) is 12.8 Å². The van der Waals surface area contributed by atoms with E-state index in [1.807, 2.05) is 86.6 Å². The topological polar surface area (TPSA) is 52.6 Å². The number of rotatable bonds is 13. The zero-order valence-corrected chi connectivity index (χ0v) is 23.3. The van der Waals surface area contributed by atoms with Gasteiger partial charge < -0.3 is 9.47 Å². The molecule has 0 bridgehead atoms. The minimum atomic E-state index is -0.323. The third kappa shape index (κ3) is 8.16. The molecule has 0 aliphatic rings. The van der Waals surface area contributed by atoms with Crippen LogP contribution < -0.4 is 0 Å². The predicted octanol–water partition coefficient (Wildman–Crippen LogP) is 8.07. The summed E-state index contributed by atoms with van der Waals surface area (Å²) in [6, 6.07) is 40.5. The molecule has 0 heterocycles. The van der Waals surface area contributed by atoms with Crippen molar-refractivity contribution >= 4 is 11.9 Å². The van der Waals surface area contributed by atoms with Crippen LogP contribution in [0.15, 0.2) is 121 Å². The van der Waals surface area contributed by atoms with Gasteiger partial charge >= 0.3 is 11.9 Å². The van der Waals surface area contributed by atoms with E-state index >= 15 is 0 Å². The Kier molecular flexibility index (Phi) is 10.7. The second-order valence-electron chi connectivity index (χ2n) is 10.2. The van der Waals surface area contributed by atoms with Gasteiger partial charge in [0.2, 0.25) is 0 Å². The molecule has 0 aromatic heterocycles. The zero-order valence-electron chi connectivity index (χ0n) is 23.3. The molecule has 0 N–H and O–H groups in total. The molecule has 0 aliphatic heterocycles. The molecule has 4 nitrogen and oxygen atoms in total. The van der Waals surface area contributed by atoms with Crippen LogP contribution >= 0.6 is 0 Å². The van der Waals surface area contributed by atoms with Crippen LogP contribution in [-0.4, -0.2) is 24.1 Å². The first-order chi connectivity index (χ1) is 19.5. The van der Waals surface area contributed by atoms with Crippen LogP contribution in [0.2, 0.25) is 0 Å². The number of benzene rings is 4. The van der Waals surface area contributed by atoms with E-state index in [2.05, 4.69) is 48.5 Å². The van der Waals surface area contributed by atoms with Crippen LogP contribution in [-0.2, 0) is 19.1 Å². The Morgan fingerprint density at radius 1 is 0.475 bits per heavy atom. The first-order valence-corrected chi connectivity index (χ1v) is 14.1. The number of hydrogen-bond acceptors (Lipinski definition) is 4. The zero-order chi connectivity index (χ0) is 28.2. The molecule has 0 fully saturated rings. The maximum absolute atomic E-state index is 12.7. The first-order valence-electron chi connectivity index (χ1n) is 14.1. The molecule has 40 heavy (non-hydrogen) atoms. The highest BCUT2D eigenvalue weighted by Crippen LogP contribution is 2.31. The van der Waals surface area contributed by atoms with Crippen LogP contribution in [0.5, 0.6) is 0 Å². The molecule has 0 aliphatic carbocycles. The SMILES string of the molecule is CC(OC(=O)CCCCC(=O)OC(C)C(c1ccccc1)c1ccccc1)C(c1ccccc1)c1ccccc1.